The van der Waals surface area contributed by atoms with Crippen LogP contribution >= 0.6 is 23.2 Å². The number of imide groups is 1. The van der Waals surface area contributed by atoms with Crippen molar-refractivity contribution in [3.05, 3.63) is 63.4 Å². The fraction of sp³-hybridized carbons (Fsp3) is 0.548. The summed E-state index contributed by atoms with van der Waals surface area (Å²) in [7, 11) is -3.22. The number of nitrogens with zero attached hydrogens (tertiary/aromatic N) is 2. The van der Waals surface area contributed by atoms with E-state index in [1.807, 2.05) is 0 Å². The second-order valence-electron chi connectivity index (χ2n) is 13.2. The van der Waals surface area contributed by atoms with E-state index in [9.17, 15) is 18.0 Å². The number of sulfonamides is 1. The zero-order valence-electron chi connectivity index (χ0n) is 24.9. The largest absolute Gasteiger partial charge is 0.337 e. The molecule has 2 fully saturated rings. The highest BCUT2D eigenvalue weighted by Gasteiger charge is 2.65. The molecule has 2 saturated heterocycles. The summed E-state index contributed by atoms with van der Waals surface area (Å²) < 4.78 is 40.7. The van der Waals surface area contributed by atoms with Gasteiger partial charge in [-0.15, -0.1) is 0 Å². The zero-order chi connectivity index (χ0) is 31.3. The Labute approximate surface area is 263 Å². The molecule has 0 saturated carbocycles. The molecule has 12 heteroatoms. The molecule has 0 bridgehead atoms. The fourth-order valence-electron chi connectivity index (χ4n) is 7.21. The van der Waals surface area contributed by atoms with Crippen molar-refractivity contribution in [3.8, 4) is 0 Å². The first-order valence-electron chi connectivity index (χ1n) is 14.7. The summed E-state index contributed by atoms with van der Waals surface area (Å²) in [4.78, 5) is 29.7. The minimum atomic E-state index is -3.22. The maximum absolute atomic E-state index is 15.6. The van der Waals surface area contributed by atoms with Crippen molar-refractivity contribution < 1.29 is 22.4 Å². The van der Waals surface area contributed by atoms with Crippen LogP contribution in [0.4, 0.5) is 14.9 Å². The van der Waals surface area contributed by atoms with E-state index in [1.54, 1.807) is 30.3 Å². The van der Waals surface area contributed by atoms with Gasteiger partial charge in [0.15, 0.2) is 0 Å². The van der Waals surface area contributed by atoms with Gasteiger partial charge in [0, 0.05) is 36.8 Å². The lowest BCUT2D eigenvalue weighted by atomic mass is 9.63. The van der Waals surface area contributed by atoms with Gasteiger partial charge in [-0.05, 0) is 66.7 Å². The molecule has 2 N–H and O–H groups in total. The van der Waals surface area contributed by atoms with Gasteiger partial charge in [0.2, 0.25) is 15.9 Å². The van der Waals surface area contributed by atoms with Crippen LogP contribution in [0.25, 0.3) is 0 Å². The van der Waals surface area contributed by atoms with Crippen LogP contribution in [0, 0.1) is 23.1 Å². The summed E-state index contributed by atoms with van der Waals surface area (Å²) in [5.41, 5.74) is -0.119. The second kappa shape index (κ2) is 11.9. The maximum atomic E-state index is 15.6. The standard InChI is InChI=1S/C31H39Cl2FN4O4S/c1-30(2,3)17-20-18-36-27(22-6-5-7-24(33)26(22)34)31(20)23-9-8-21(32)16-25(23)38(28(31)39)29(40)35-13-10-19-11-14-37(15-12-19)43(4,41)42/h5-9,16,19-20,27,36H,10-15,17-18H2,1-4H3,(H,35,40)/t20-,27-,31+/m1/s1. The van der Waals surface area contributed by atoms with Crippen molar-refractivity contribution in [2.75, 3.05) is 37.3 Å². The molecule has 0 unspecified atom stereocenters. The van der Waals surface area contributed by atoms with E-state index in [0.29, 0.717) is 68.1 Å². The Hall–Kier alpha value is -2.24. The van der Waals surface area contributed by atoms with Gasteiger partial charge in [0.1, 0.15) is 11.2 Å². The van der Waals surface area contributed by atoms with Crippen LogP contribution in [0.5, 0.6) is 0 Å². The van der Waals surface area contributed by atoms with Gasteiger partial charge in [-0.1, -0.05) is 62.2 Å². The number of nitrogens with one attached hydrogen (secondary N) is 2. The summed E-state index contributed by atoms with van der Waals surface area (Å²) in [6, 6.07) is 8.58. The lowest BCUT2D eigenvalue weighted by molar-refractivity contribution is -0.124. The first-order valence-corrected chi connectivity index (χ1v) is 17.3. The van der Waals surface area contributed by atoms with Crippen LogP contribution in [0.3, 0.4) is 0 Å². The Morgan fingerprint density at radius 1 is 1.16 bits per heavy atom. The number of benzene rings is 2. The van der Waals surface area contributed by atoms with Crippen LogP contribution in [0.1, 0.15) is 63.6 Å². The second-order valence-corrected chi connectivity index (χ2v) is 16.1. The maximum Gasteiger partial charge on any atom is 0.328 e. The van der Waals surface area contributed by atoms with E-state index in [1.165, 1.54) is 21.5 Å². The average molecular weight is 654 g/mol. The van der Waals surface area contributed by atoms with E-state index >= 15 is 4.39 Å². The lowest BCUT2D eigenvalue weighted by Gasteiger charge is -2.38. The molecule has 3 heterocycles. The molecule has 3 aliphatic rings. The van der Waals surface area contributed by atoms with Gasteiger partial charge < -0.3 is 10.6 Å². The Morgan fingerprint density at radius 2 is 1.86 bits per heavy atom. The van der Waals surface area contributed by atoms with Gasteiger partial charge in [0.25, 0.3) is 0 Å². The van der Waals surface area contributed by atoms with Crippen LogP contribution in [-0.2, 0) is 20.2 Å². The molecule has 2 aromatic rings. The minimum Gasteiger partial charge on any atom is -0.337 e. The Bertz CT molecular complexity index is 1520. The van der Waals surface area contributed by atoms with E-state index in [0.717, 1.165) is 0 Å². The van der Waals surface area contributed by atoms with Crippen molar-refractivity contribution in [1.29, 1.82) is 0 Å². The summed E-state index contributed by atoms with van der Waals surface area (Å²) in [6.07, 6.45) is 3.94. The smallest absolute Gasteiger partial charge is 0.328 e. The summed E-state index contributed by atoms with van der Waals surface area (Å²) in [6.45, 7) is 7.98. The first-order chi connectivity index (χ1) is 20.1. The van der Waals surface area contributed by atoms with Crippen LogP contribution in [-0.4, -0.2) is 57.1 Å². The number of hydrogen-bond donors (Lipinski definition) is 2. The number of piperidine rings is 1. The SMILES string of the molecule is CC(C)(C)C[C@@H]1CN[C@H](c2cccc(Cl)c2F)[C@]12C(=O)N(C(=O)NCCC1CCN(S(C)(=O)=O)CC1)c1cc(Cl)ccc12. The van der Waals surface area contributed by atoms with Crippen molar-refractivity contribution in [3.63, 3.8) is 0 Å². The topological polar surface area (TPSA) is 98.8 Å². The Morgan fingerprint density at radius 3 is 2.51 bits per heavy atom. The number of rotatable bonds is 6. The average Bonchev–Trinajstić information content (AvgIpc) is 3.40. The van der Waals surface area contributed by atoms with Crippen molar-refractivity contribution in [2.45, 2.75) is 57.9 Å². The molecular formula is C31H39Cl2FN4O4S. The predicted octanol–water partition coefficient (Wildman–Crippen LogP) is 5.89. The highest BCUT2D eigenvalue weighted by molar-refractivity contribution is 7.88. The van der Waals surface area contributed by atoms with Gasteiger partial charge in [0.05, 0.1) is 23.0 Å². The molecule has 5 rings (SSSR count). The minimum absolute atomic E-state index is 0.0348. The predicted molar refractivity (Wildman–Crippen MR) is 167 cm³/mol. The number of fused-ring (bicyclic) bond motifs is 2. The van der Waals surface area contributed by atoms with E-state index < -0.39 is 39.2 Å². The zero-order valence-corrected chi connectivity index (χ0v) is 27.3. The van der Waals surface area contributed by atoms with Crippen molar-refractivity contribution in [1.82, 2.24) is 14.9 Å². The quantitative estimate of drug-likeness (QED) is 0.406. The van der Waals surface area contributed by atoms with Gasteiger partial charge in [-0.3, -0.25) is 4.79 Å². The molecule has 0 aromatic heterocycles. The van der Waals surface area contributed by atoms with Gasteiger partial charge >= 0.3 is 6.03 Å². The Kier molecular flexibility index (Phi) is 8.92. The van der Waals surface area contributed by atoms with E-state index in [-0.39, 0.29) is 27.8 Å². The molecule has 3 atom stereocenters. The van der Waals surface area contributed by atoms with Crippen molar-refractivity contribution in [2.24, 2.45) is 17.3 Å². The number of carbonyl (C=O) groups excluding carboxylic acids is 2. The molecule has 2 aromatic carbocycles. The summed E-state index contributed by atoms with van der Waals surface area (Å²) >= 11 is 12.6. The van der Waals surface area contributed by atoms with Gasteiger partial charge in [-0.25, -0.2) is 26.8 Å². The number of urea groups is 1. The molecule has 234 valence electrons. The molecular weight excluding hydrogens is 614 g/mol. The number of amides is 3. The number of hydrogen-bond acceptors (Lipinski definition) is 5. The third kappa shape index (κ3) is 6.06. The molecule has 43 heavy (non-hydrogen) atoms. The monoisotopic (exact) mass is 652 g/mol. The normalized spacial score (nSPS) is 25.0. The van der Waals surface area contributed by atoms with Crippen LogP contribution < -0.4 is 15.5 Å². The summed E-state index contributed by atoms with van der Waals surface area (Å²) in [5.74, 6) is -1.01. The number of carbonyl (C=O) groups is 2. The van der Waals surface area contributed by atoms with E-state index in [2.05, 4.69) is 31.4 Å². The van der Waals surface area contributed by atoms with E-state index in [4.69, 9.17) is 23.2 Å². The highest BCUT2D eigenvalue weighted by atomic mass is 35.5. The first kappa shape index (κ1) is 32.2. The number of anilines is 1. The fourth-order valence-corrected chi connectivity index (χ4v) is 8.43. The van der Waals surface area contributed by atoms with Gasteiger partial charge in [-0.2, -0.15) is 0 Å². The highest BCUT2D eigenvalue weighted by Crippen LogP contribution is 2.58. The van der Waals surface area contributed by atoms with Crippen molar-refractivity contribution >= 4 is 50.9 Å². The molecule has 1 spiro atoms. The summed E-state index contributed by atoms with van der Waals surface area (Å²) in [5, 5.41) is 6.70. The molecule has 0 radical (unpaired) electrons. The molecule has 8 nitrogen and oxygen atoms in total. The number of halogens is 3. The third-order valence-electron chi connectivity index (χ3n) is 9.10. The van der Waals surface area contributed by atoms with Crippen LogP contribution in [0.2, 0.25) is 10.0 Å². The Balaban J connectivity index is 1.46. The lowest BCUT2D eigenvalue weighted by Crippen LogP contribution is -2.52. The molecule has 3 aliphatic heterocycles. The van der Waals surface area contributed by atoms with Crippen LogP contribution in [0.15, 0.2) is 36.4 Å². The molecule has 3 amide bonds. The third-order valence-corrected chi connectivity index (χ3v) is 10.9. The molecule has 0 aliphatic carbocycles.